The predicted molar refractivity (Wildman–Crippen MR) is 146 cm³/mol. The topological polar surface area (TPSA) is 114 Å². The molecule has 1 aliphatic heterocycles. The molecule has 5 rings (SSSR count). The summed E-state index contributed by atoms with van der Waals surface area (Å²) in [6, 6.07) is 12.4. The smallest absolute Gasteiger partial charge is 0.387 e. The van der Waals surface area contributed by atoms with Crippen molar-refractivity contribution in [3.63, 3.8) is 0 Å². The Balaban J connectivity index is 1.30. The van der Waals surface area contributed by atoms with Crippen LogP contribution in [0.5, 0.6) is 11.6 Å². The molecular weight excluding hydrogens is 551 g/mol. The number of hydrogen-bond donors (Lipinski definition) is 1. The number of rotatable bonds is 9. The highest BCUT2D eigenvalue weighted by atomic mass is 19.3. The lowest BCUT2D eigenvalue weighted by atomic mass is 9.92. The molecule has 0 radical (unpaired) electrons. The number of halogens is 3. The number of carbonyl (C=O) groups is 1. The zero-order chi connectivity index (χ0) is 31.8. The van der Waals surface area contributed by atoms with E-state index in [1.54, 1.807) is 17.7 Å². The molecule has 0 saturated carbocycles. The number of hydrogen-bond acceptors (Lipinski definition) is 7. The van der Waals surface area contributed by atoms with Crippen LogP contribution in [0.1, 0.15) is 67.5 Å². The lowest BCUT2D eigenvalue weighted by Crippen LogP contribution is -2.36. The standard InChI is InChI=1S/C30H28F3N5O4/c1-17(28-36-27-24(37(28)2)13-21(29(39)40)14-25(27)42-30(32)33)38-10-8-19(9-11-38)23-4-3-5-26(35-23)41-16-20-7-6-18(15-34)12-22(20)31/h3-7,12-14,17,19,30H,8-11,16H2,1-2H3,(H,39,40)/t17-/m0/s1/i16D2. The van der Waals surface area contributed by atoms with Gasteiger partial charge in [0.25, 0.3) is 0 Å². The molecule has 1 N–H and O–H groups in total. The molecule has 0 amide bonds. The van der Waals surface area contributed by atoms with E-state index in [1.807, 2.05) is 19.1 Å². The van der Waals surface area contributed by atoms with E-state index in [9.17, 15) is 23.1 Å². The molecule has 2 aromatic carbocycles. The molecule has 1 saturated heterocycles. The number of ether oxygens (including phenoxy) is 2. The Morgan fingerprint density at radius 2 is 1.98 bits per heavy atom. The minimum atomic E-state index is -3.14. The highest BCUT2D eigenvalue weighted by Gasteiger charge is 2.29. The Morgan fingerprint density at radius 3 is 2.64 bits per heavy atom. The van der Waals surface area contributed by atoms with Crippen LogP contribution in [0, 0.1) is 17.1 Å². The number of fused-ring (bicyclic) bond motifs is 1. The van der Waals surface area contributed by atoms with E-state index < -0.39 is 25.0 Å². The van der Waals surface area contributed by atoms with Gasteiger partial charge in [0, 0.05) is 30.3 Å². The number of likely N-dealkylation sites (tertiary alicyclic amines) is 1. The number of benzene rings is 2. The Bertz CT molecular complexity index is 1750. The number of imidazole rings is 1. The van der Waals surface area contributed by atoms with Crippen LogP contribution in [0.2, 0.25) is 0 Å². The molecule has 42 heavy (non-hydrogen) atoms. The first-order valence-electron chi connectivity index (χ1n) is 14.2. The molecule has 3 heterocycles. The number of aromatic nitrogens is 3. The van der Waals surface area contributed by atoms with Crippen molar-refractivity contribution in [1.82, 2.24) is 19.4 Å². The molecule has 0 aliphatic carbocycles. The Hall–Kier alpha value is -4.63. The van der Waals surface area contributed by atoms with Crippen molar-refractivity contribution in [3.8, 4) is 17.7 Å². The van der Waals surface area contributed by atoms with Crippen LogP contribution in [0.4, 0.5) is 13.2 Å². The molecule has 0 spiro atoms. The first-order valence-corrected chi connectivity index (χ1v) is 13.2. The summed E-state index contributed by atoms with van der Waals surface area (Å²) in [7, 11) is 1.70. The maximum atomic E-state index is 14.5. The van der Waals surface area contributed by atoms with Crippen molar-refractivity contribution in [1.29, 1.82) is 5.26 Å². The van der Waals surface area contributed by atoms with Crippen LogP contribution in [0.25, 0.3) is 11.0 Å². The van der Waals surface area contributed by atoms with Gasteiger partial charge in [-0.1, -0.05) is 12.1 Å². The molecule has 4 aromatic rings. The first-order chi connectivity index (χ1) is 20.9. The van der Waals surface area contributed by atoms with Gasteiger partial charge in [-0.15, -0.1) is 0 Å². The van der Waals surface area contributed by atoms with Gasteiger partial charge in [-0.2, -0.15) is 14.0 Å². The third-order valence-electron chi connectivity index (χ3n) is 7.43. The molecule has 0 bridgehead atoms. The minimum Gasteiger partial charge on any atom is -0.478 e. The predicted octanol–water partition coefficient (Wildman–Crippen LogP) is 5.80. The number of nitriles is 1. The van der Waals surface area contributed by atoms with E-state index in [-0.39, 0.29) is 45.8 Å². The van der Waals surface area contributed by atoms with Crippen molar-refractivity contribution in [3.05, 3.63) is 82.6 Å². The highest BCUT2D eigenvalue weighted by molar-refractivity contribution is 5.95. The first kappa shape index (κ1) is 26.3. The van der Waals surface area contributed by atoms with Gasteiger partial charge in [-0.25, -0.2) is 19.2 Å². The van der Waals surface area contributed by atoms with E-state index in [0.29, 0.717) is 43.0 Å². The van der Waals surface area contributed by atoms with Crippen molar-refractivity contribution in [2.45, 2.75) is 44.9 Å². The average molecular weight is 582 g/mol. The van der Waals surface area contributed by atoms with Crippen LogP contribution >= 0.6 is 0 Å². The van der Waals surface area contributed by atoms with Crippen LogP contribution in [0.3, 0.4) is 0 Å². The van der Waals surface area contributed by atoms with Crippen molar-refractivity contribution < 1.29 is 35.3 Å². The Morgan fingerprint density at radius 1 is 1.21 bits per heavy atom. The number of aromatic carboxylic acids is 1. The number of aryl methyl sites for hydroxylation is 1. The molecule has 2 aromatic heterocycles. The Kier molecular flexibility index (Phi) is 7.56. The lowest BCUT2D eigenvalue weighted by molar-refractivity contribution is -0.0489. The molecule has 9 nitrogen and oxygen atoms in total. The van der Waals surface area contributed by atoms with Crippen molar-refractivity contribution in [2.75, 3.05) is 13.1 Å². The maximum absolute atomic E-state index is 14.5. The van der Waals surface area contributed by atoms with Crippen molar-refractivity contribution in [2.24, 2.45) is 7.05 Å². The summed E-state index contributed by atoms with van der Waals surface area (Å²) in [6.45, 7) is -2.46. The van der Waals surface area contributed by atoms with Crippen LogP contribution in [-0.4, -0.2) is 50.2 Å². The number of nitrogens with zero attached hydrogens (tertiary/aromatic N) is 5. The van der Waals surface area contributed by atoms with Gasteiger partial charge in [0.05, 0.1) is 31.5 Å². The molecule has 1 aliphatic rings. The third kappa shape index (κ3) is 6.01. The van der Waals surface area contributed by atoms with Gasteiger partial charge in [0.2, 0.25) is 5.88 Å². The molecule has 218 valence electrons. The molecule has 12 heteroatoms. The van der Waals surface area contributed by atoms with E-state index in [4.69, 9.17) is 12.7 Å². The summed E-state index contributed by atoms with van der Waals surface area (Å²) in [4.78, 5) is 22.8. The monoisotopic (exact) mass is 581 g/mol. The normalized spacial score (nSPS) is 16.1. The number of carboxylic acid groups (broad SMARTS) is 1. The fraction of sp³-hybridized carbons (Fsp3) is 0.333. The SMILES string of the molecule is [2H]C([2H])(Oc1cccc(C2CCN([C@@H](C)c3nc4c(OC(F)F)cc(C(=O)O)cc4n3C)CC2)n1)c1ccc(C#N)cc1F. The van der Waals surface area contributed by atoms with E-state index in [1.165, 1.54) is 24.3 Å². The summed E-state index contributed by atoms with van der Waals surface area (Å²) in [6.07, 6.45) is 1.40. The van der Waals surface area contributed by atoms with Gasteiger partial charge in [0.1, 0.15) is 23.7 Å². The van der Waals surface area contributed by atoms with Crippen LogP contribution in [0.15, 0.2) is 48.5 Å². The second-order valence-electron chi connectivity index (χ2n) is 9.95. The molecule has 1 fully saturated rings. The van der Waals surface area contributed by atoms with Gasteiger partial charge in [0.15, 0.2) is 5.75 Å². The van der Waals surface area contributed by atoms with Gasteiger partial charge < -0.3 is 19.1 Å². The molecular formula is C30H28F3N5O4. The van der Waals surface area contributed by atoms with Crippen molar-refractivity contribution >= 4 is 17.0 Å². The second-order valence-corrected chi connectivity index (χ2v) is 9.95. The lowest BCUT2D eigenvalue weighted by Gasteiger charge is -2.35. The minimum absolute atomic E-state index is 0.00527. The number of carboxylic acids is 1. The van der Waals surface area contributed by atoms with E-state index in [2.05, 4.69) is 19.6 Å². The Labute approximate surface area is 242 Å². The fourth-order valence-corrected chi connectivity index (χ4v) is 5.19. The largest absolute Gasteiger partial charge is 0.478 e. The maximum Gasteiger partial charge on any atom is 0.387 e. The van der Waals surface area contributed by atoms with Gasteiger partial charge in [-0.05, 0) is 63.2 Å². The average Bonchev–Trinajstić information content (AvgIpc) is 3.32. The summed E-state index contributed by atoms with van der Waals surface area (Å²) in [5.41, 5.74) is 0.737. The molecule has 0 unspecified atom stereocenters. The van der Waals surface area contributed by atoms with Gasteiger partial charge in [-0.3, -0.25) is 4.90 Å². The second kappa shape index (κ2) is 12.1. The highest BCUT2D eigenvalue weighted by Crippen LogP contribution is 2.35. The summed E-state index contributed by atoms with van der Waals surface area (Å²) in [5.74, 6) is -1.89. The molecule has 1 atom stereocenters. The van der Waals surface area contributed by atoms with Crippen LogP contribution < -0.4 is 9.47 Å². The van der Waals surface area contributed by atoms with E-state index >= 15 is 0 Å². The summed E-state index contributed by atoms with van der Waals surface area (Å²) < 4.78 is 68.9. The number of alkyl halides is 2. The zero-order valence-corrected chi connectivity index (χ0v) is 22.7. The quantitative estimate of drug-likeness (QED) is 0.264. The van der Waals surface area contributed by atoms with E-state index in [0.717, 1.165) is 12.1 Å². The zero-order valence-electron chi connectivity index (χ0n) is 24.7. The van der Waals surface area contributed by atoms with Crippen LogP contribution in [-0.2, 0) is 13.6 Å². The fourth-order valence-electron chi connectivity index (χ4n) is 5.19. The summed E-state index contributed by atoms with van der Waals surface area (Å²) in [5, 5.41) is 18.4. The summed E-state index contributed by atoms with van der Waals surface area (Å²) >= 11 is 0. The third-order valence-corrected chi connectivity index (χ3v) is 7.43. The number of piperidine rings is 1. The number of pyridine rings is 1. The van der Waals surface area contributed by atoms with Gasteiger partial charge >= 0.3 is 12.6 Å².